The summed E-state index contributed by atoms with van der Waals surface area (Å²) in [6.07, 6.45) is -2.47. The van der Waals surface area contributed by atoms with Crippen LogP contribution in [0, 0.1) is 0 Å². The van der Waals surface area contributed by atoms with E-state index in [1.54, 1.807) is 6.92 Å². The quantitative estimate of drug-likeness (QED) is 0.634. The number of carbonyl (C=O) groups excluding carboxylic acids is 2. The molecule has 0 radical (unpaired) electrons. The van der Waals surface area contributed by atoms with E-state index in [9.17, 15) is 14.7 Å². The molecule has 1 atom stereocenters. The standard InChI is InChI=1S/C11H12ClNO4/c1-2-17-11(16)13-10(15)9(14)7-3-5-8(12)6-4-7/h3-6,10,15H,2H2,1H3,(H,13,16)/t10-/m0/s1. The summed E-state index contributed by atoms with van der Waals surface area (Å²) >= 11 is 5.66. The van der Waals surface area contributed by atoms with Crippen LogP contribution in [0.1, 0.15) is 17.3 Å². The van der Waals surface area contributed by atoms with Crippen molar-refractivity contribution in [1.29, 1.82) is 0 Å². The van der Waals surface area contributed by atoms with Gasteiger partial charge in [-0.1, -0.05) is 11.6 Å². The SMILES string of the molecule is CCOC(=O)N[C@@H](O)C(=O)c1ccc(Cl)cc1. The summed E-state index contributed by atoms with van der Waals surface area (Å²) in [7, 11) is 0. The Bertz CT molecular complexity index is 404. The number of rotatable bonds is 4. The van der Waals surface area contributed by atoms with Crippen LogP contribution in [-0.4, -0.2) is 29.8 Å². The highest BCUT2D eigenvalue weighted by Gasteiger charge is 2.19. The molecule has 0 spiro atoms. The lowest BCUT2D eigenvalue weighted by molar-refractivity contribution is 0.0635. The van der Waals surface area contributed by atoms with Gasteiger partial charge in [-0.2, -0.15) is 0 Å². The molecule has 1 aromatic rings. The molecule has 0 saturated carbocycles. The second kappa shape index (κ2) is 6.22. The number of benzene rings is 1. The van der Waals surface area contributed by atoms with Crippen LogP contribution in [0.15, 0.2) is 24.3 Å². The summed E-state index contributed by atoms with van der Waals surface area (Å²) in [6, 6.07) is 5.96. The third-order valence-electron chi connectivity index (χ3n) is 1.91. The summed E-state index contributed by atoms with van der Waals surface area (Å²) in [5.74, 6) is -0.630. The lowest BCUT2D eigenvalue weighted by Gasteiger charge is -2.11. The molecule has 1 rings (SSSR count). The Morgan fingerprint density at radius 2 is 2.00 bits per heavy atom. The fourth-order valence-electron chi connectivity index (χ4n) is 1.12. The predicted molar refractivity (Wildman–Crippen MR) is 61.9 cm³/mol. The van der Waals surface area contributed by atoms with Gasteiger partial charge in [-0.05, 0) is 31.2 Å². The van der Waals surface area contributed by atoms with E-state index < -0.39 is 18.1 Å². The van der Waals surface area contributed by atoms with Crippen molar-refractivity contribution >= 4 is 23.5 Å². The van der Waals surface area contributed by atoms with Crippen LogP contribution in [0.3, 0.4) is 0 Å². The molecule has 0 fully saturated rings. The number of aliphatic hydroxyl groups excluding tert-OH is 1. The van der Waals surface area contributed by atoms with Gasteiger partial charge < -0.3 is 9.84 Å². The number of aliphatic hydroxyl groups is 1. The van der Waals surface area contributed by atoms with Gasteiger partial charge in [0.1, 0.15) is 0 Å². The molecule has 0 unspecified atom stereocenters. The first kappa shape index (κ1) is 13.5. The van der Waals surface area contributed by atoms with Gasteiger partial charge in [-0.15, -0.1) is 0 Å². The zero-order valence-corrected chi connectivity index (χ0v) is 9.90. The van der Waals surface area contributed by atoms with Crippen LogP contribution in [0.5, 0.6) is 0 Å². The number of amides is 1. The van der Waals surface area contributed by atoms with Gasteiger partial charge >= 0.3 is 6.09 Å². The zero-order chi connectivity index (χ0) is 12.8. The minimum atomic E-state index is -1.63. The minimum Gasteiger partial charge on any atom is -0.450 e. The van der Waals surface area contributed by atoms with Crippen LogP contribution in [0.4, 0.5) is 4.79 Å². The number of Topliss-reactive ketones (excluding diaryl/α,β-unsaturated/α-hetero) is 1. The molecule has 0 aliphatic rings. The zero-order valence-electron chi connectivity index (χ0n) is 9.14. The Balaban J connectivity index is 2.63. The molecular formula is C11H12ClNO4. The van der Waals surface area contributed by atoms with Crippen LogP contribution in [-0.2, 0) is 4.74 Å². The van der Waals surface area contributed by atoms with E-state index in [-0.39, 0.29) is 12.2 Å². The first-order valence-corrected chi connectivity index (χ1v) is 5.33. The van der Waals surface area contributed by atoms with Crippen molar-refractivity contribution in [3.05, 3.63) is 34.9 Å². The number of carbonyl (C=O) groups is 2. The topological polar surface area (TPSA) is 75.6 Å². The largest absolute Gasteiger partial charge is 0.450 e. The van der Waals surface area contributed by atoms with Gasteiger partial charge in [-0.3, -0.25) is 10.1 Å². The summed E-state index contributed by atoms with van der Waals surface area (Å²) in [6.45, 7) is 1.78. The van der Waals surface area contributed by atoms with Gasteiger partial charge in [0.2, 0.25) is 5.78 Å². The van der Waals surface area contributed by atoms with Gasteiger partial charge in [0.05, 0.1) is 6.61 Å². The van der Waals surface area contributed by atoms with E-state index >= 15 is 0 Å². The predicted octanol–water partition coefficient (Wildman–Crippen LogP) is 1.59. The number of ketones is 1. The average molecular weight is 258 g/mol. The van der Waals surface area contributed by atoms with Crippen molar-refractivity contribution < 1.29 is 19.4 Å². The second-order valence-electron chi connectivity index (χ2n) is 3.14. The van der Waals surface area contributed by atoms with Gasteiger partial charge in [-0.25, -0.2) is 4.79 Å². The van der Waals surface area contributed by atoms with Crippen LogP contribution in [0.2, 0.25) is 5.02 Å². The molecule has 0 bridgehead atoms. The van der Waals surface area contributed by atoms with Crippen LogP contribution < -0.4 is 5.32 Å². The molecule has 1 aromatic carbocycles. The smallest absolute Gasteiger partial charge is 0.409 e. The summed E-state index contributed by atoms with van der Waals surface area (Å²) in [4.78, 5) is 22.6. The molecule has 0 aromatic heterocycles. The van der Waals surface area contributed by atoms with Crippen molar-refractivity contribution in [2.75, 3.05) is 6.61 Å². The lowest BCUT2D eigenvalue weighted by Crippen LogP contribution is -2.40. The number of alkyl carbamates (subject to hydrolysis) is 1. The highest BCUT2D eigenvalue weighted by Crippen LogP contribution is 2.10. The molecule has 0 heterocycles. The van der Waals surface area contributed by atoms with Crippen LogP contribution in [0.25, 0.3) is 0 Å². The van der Waals surface area contributed by atoms with Crippen molar-refractivity contribution in [3.63, 3.8) is 0 Å². The first-order chi connectivity index (χ1) is 8.04. The van der Waals surface area contributed by atoms with Crippen molar-refractivity contribution in [2.24, 2.45) is 0 Å². The third kappa shape index (κ3) is 4.05. The molecular weight excluding hydrogens is 246 g/mol. The molecule has 5 nitrogen and oxygen atoms in total. The molecule has 17 heavy (non-hydrogen) atoms. The monoisotopic (exact) mass is 257 g/mol. The second-order valence-corrected chi connectivity index (χ2v) is 3.57. The van der Waals surface area contributed by atoms with Crippen molar-refractivity contribution in [1.82, 2.24) is 5.32 Å². The third-order valence-corrected chi connectivity index (χ3v) is 2.16. The lowest BCUT2D eigenvalue weighted by atomic mass is 10.1. The van der Waals surface area contributed by atoms with Crippen molar-refractivity contribution in [3.8, 4) is 0 Å². The van der Waals surface area contributed by atoms with E-state index in [4.69, 9.17) is 11.6 Å². The van der Waals surface area contributed by atoms with Crippen molar-refractivity contribution in [2.45, 2.75) is 13.2 Å². The normalized spacial score (nSPS) is 11.7. The molecule has 0 aliphatic carbocycles. The molecule has 92 valence electrons. The summed E-state index contributed by atoms with van der Waals surface area (Å²) in [5.41, 5.74) is 0.249. The maximum atomic E-state index is 11.6. The first-order valence-electron chi connectivity index (χ1n) is 4.95. The van der Waals surface area contributed by atoms with Gasteiger partial charge in [0.15, 0.2) is 6.23 Å². The highest BCUT2D eigenvalue weighted by molar-refractivity contribution is 6.30. The maximum absolute atomic E-state index is 11.6. The molecule has 1 amide bonds. The fourth-order valence-corrected chi connectivity index (χ4v) is 1.25. The fraction of sp³-hybridized carbons (Fsp3) is 0.273. The van der Waals surface area contributed by atoms with E-state index in [2.05, 4.69) is 4.74 Å². The number of ether oxygens (including phenoxy) is 1. The van der Waals surface area contributed by atoms with Gasteiger partial charge in [0.25, 0.3) is 0 Å². The Hall–Kier alpha value is -1.59. The van der Waals surface area contributed by atoms with E-state index in [0.29, 0.717) is 5.02 Å². The Morgan fingerprint density at radius 1 is 1.41 bits per heavy atom. The molecule has 0 saturated heterocycles. The number of nitrogens with one attached hydrogen (secondary N) is 1. The number of hydrogen-bond acceptors (Lipinski definition) is 4. The van der Waals surface area contributed by atoms with Gasteiger partial charge in [0, 0.05) is 10.6 Å². The molecule has 0 aliphatic heterocycles. The molecule has 2 N–H and O–H groups in total. The van der Waals surface area contributed by atoms with E-state index in [1.165, 1.54) is 24.3 Å². The molecule has 6 heteroatoms. The number of halogens is 1. The van der Waals surface area contributed by atoms with Crippen LogP contribution >= 0.6 is 11.6 Å². The average Bonchev–Trinajstić information content (AvgIpc) is 2.29. The van der Waals surface area contributed by atoms with E-state index in [0.717, 1.165) is 0 Å². The Kier molecular flexibility index (Phi) is 4.93. The Labute approximate surface area is 103 Å². The maximum Gasteiger partial charge on any atom is 0.409 e. The number of hydrogen-bond donors (Lipinski definition) is 2. The summed E-state index contributed by atoms with van der Waals surface area (Å²) in [5, 5.41) is 11.9. The minimum absolute atomic E-state index is 0.160. The van der Waals surface area contributed by atoms with E-state index in [1.807, 2.05) is 5.32 Å². The highest BCUT2D eigenvalue weighted by atomic mass is 35.5. The Morgan fingerprint density at radius 3 is 2.53 bits per heavy atom. The summed E-state index contributed by atoms with van der Waals surface area (Å²) < 4.78 is 4.53.